The number of hydrogen-bond acceptors (Lipinski definition) is 3. The molecule has 0 radical (unpaired) electrons. The topological polar surface area (TPSA) is 38.8 Å². The summed E-state index contributed by atoms with van der Waals surface area (Å²) < 4.78 is 35.1. The number of carbonyl (C=O) groups is 1. The van der Waals surface area contributed by atoms with E-state index in [-0.39, 0.29) is 12.1 Å². The number of halogens is 3. The van der Waals surface area contributed by atoms with Crippen LogP contribution in [0.2, 0.25) is 0 Å². The monoisotopic (exact) mass is 351 g/mol. The molecule has 0 saturated heterocycles. The number of ether oxygens (including phenoxy) is 2. The average Bonchev–Trinajstić information content (AvgIpc) is 2.44. The SMILES string of the molecule is COc1ccc(C(=O)N(CCBr)CC(F)F)cc1OC. The largest absolute Gasteiger partial charge is 0.493 e. The lowest BCUT2D eigenvalue weighted by atomic mass is 10.1. The number of carbonyl (C=O) groups excluding carboxylic acids is 1. The smallest absolute Gasteiger partial charge is 0.255 e. The van der Waals surface area contributed by atoms with Crippen molar-refractivity contribution in [2.24, 2.45) is 0 Å². The molecule has 1 rings (SSSR count). The summed E-state index contributed by atoms with van der Waals surface area (Å²) in [6.45, 7) is -0.393. The second-order valence-electron chi connectivity index (χ2n) is 3.90. The Balaban J connectivity index is 2.99. The van der Waals surface area contributed by atoms with Gasteiger partial charge in [0.05, 0.1) is 20.8 Å². The van der Waals surface area contributed by atoms with E-state index in [0.29, 0.717) is 16.8 Å². The Labute approximate surface area is 124 Å². The molecule has 0 fully saturated rings. The van der Waals surface area contributed by atoms with Gasteiger partial charge in [-0.1, -0.05) is 15.9 Å². The number of hydrogen-bond donors (Lipinski definition) is 0. The highest BCUT2D eigenvalue weighted by atomic mass is 79.9. The van der Waals surface area contributed by atoms with Gasteiger partial charge in [0.15, 0.2) is 11.5 Å². The molecule has 0 aliphatic rings. The van der Waals surface area contributed by atoms with Gasteiger partial charge >= 0.3 is 0 Å². The van der Waals surface area contributed by atoms with E-state index in [2.05, 4.69) is 15.9 Å². The zero-order chi connectivity index (χ0) is 15.1. The first-order chi connectivity index (χ1) is 9.53. The molecule has 0 aromatic heterocycles. The van der Waals surface area contributed by atoms with Gasteiger partial charge < -0.3 is 14.4 Å². The van der Waals surface area contributed by atoms with Gasteiger partial charge in [-0.15, -0.1) is 0 Å². The van der Waals surface area contributed by atoms with Crippen LogP contribution in [0.4, 0.5) is 8.78 Å². The number of alkyl halides is 3. The fourth-order valence-electron chi connectivity index (χ4n) is 1.70. The molecule has 0 saturated carbocycles. The van der Waals surface area contributed by atoms with Crippen LogP contribution in [0.5, 0.6) is 11.5 Å². The number of rotatable bonds is 7. The molecule has 0 unspecified atom stereocenters. The summed E-state index contributed by atoms with van der Waals surface area (Å²) in [5, 5.41) is 0.429. The molecule has 0 aliphatic carbocycles. The predicted molar refractivity (Wildman–Crippen MR) is 75.2 cm³/mol. The highest BCUT2D eigenvalue weighted by Gasteiger charge is 2.20. The van der Waals surface area contributed by atoms with Crippen LogP contribution in [-0.2, 0) is 0 Å². The molecule has 4 nitrogen and oxygen atoms in total. The number of methoxy groups -OCH3 is 2. The molecular formula is C13H16BrF2NO3. The van der Waals surface area contributed by atoms with E-state index in [0.717, 1.165) is 4.90 Å². The van der Waals surface area contributed by atoms with Gasteiger partial charge in [0.1, 0.15) is 0 Å². The molecule has 0 atom stereocenters. The van der Waals surface area contributed by atoms with E-state index >= 15 is 0 Å². The summed E-state index contributed by atoms with van der Waals surface area (Å²) in [7, 11) is 2.93. The molecule has 0 heterocycles. The zero-order valence-corrected chi connectivity index (χ0v) is 12.8. The van der Waals surface area contributed by atoms with Gasteiger partial charge in [0.25, 0.3) is 12.3 Å². The van der Waals surface area contributed by atoms with Crippen molar-refractivity contribution in [2.45, 2.75) is 6.43 Å². The van der Waals surface area contributed by atoms with E-state index in [9.17, 15) is 13.6 Å². The molecule has 0 spiro atoms. The van der Waals surface area contributed by atoms with Crippen LogP contribution in [0, 0.1) is 0 Å². The Bertz CT molecular complexity index is 457. The molecule has 7 heteroatoms. The van der Waals surface area contributed by atoms with Crippen molar-refractivity contribution in [3.05, 3.63) is 23.8 Å². The number of benzene rings is 1. The van der Waals surface area contributed by atoms with Crippen molar-refractivity contribution >= 4 is 21.8 Å². The van der Waals surface area contributed by atoms with E-state index in [1.165, 1.54) is 26.4 Å². The minimum Gasteiger partial charge on any atom is -0.493 e. The van der Waals surface area contributed by atoms with E-state index in [1.54, 1.807) is 6.07 Å². The van der Waals surface area contributed by atoms with Gasteiger partial charge in [-0.3, -0.25) is 4.79 Å². The third-order valence-corrected chi connectivity index (χ3v) is 2.99. The van der Waals surface area contributed by atoms with Gasteiger partial charge in [-0.2, -0.15) is 0 Å². The summed E-state index contributed by atoms with van der Waals surface area (Å²) in [6, 6.07) is 4.57. The van der Waals surface area contributed by atoms with Crippen LogP contribution in [-0.4, -0.2) is 49.9 Å². The van der Waals surface area contributed by atoms with Crippen molar-refractivity contribution in [2.75, 3.05) is 32.6 Å². The van der Waals surface area contributed by atoms with Crippen LogP contribution in [0.15, 0.2) is 18.2 Å². The van der Waals surface area contributed by atoms with Crippen molar-refractivity contribution < 1.29 is 23.0 Å². The first kappa shape index (κ1) is 16.7. The van der Waals surface area contributed by atoms with Crippen LogP contribution < -0.4 is 9.47 Å². The fraction of sp³-hybridized carbons (Fsp3) is 0.462. The second-order valence-corrected chi connectivity index (χ2v) is 4.69. The lowest BCUT2D eigenvalue weighted by Gasteiger charge is -2.21. The molecule has 0 bridgehead atoms. The van der Waals surface area contributed by atoms with Crippen molar-refractivity contribution in [3.63, 3.8) is 0 Å². The zero-order valence-electron chi connectivity index (χ0n) is 11.2. The molecule has 0 N–H and O–H groups in total. The van der Waals surface area contributed by atoms with Crippen molar-refractivity contribution in [3.8, 4) is 11.5 Å². The Hall–Kier alpha value is -1.37. The highest BCUT2D eigenvalue weighted by Crippen LogP contribution is 2.28. The normalized spacial score (nSPS) is 10.5. The second kappa shape index (κ2) is 8.04. The molecule has 0 aliphatic heterocycles. The van der Waals surface area contributed by atoms with Crippen LogP contribution >= 0.6 is 15.9 Å². The minimum atomic E-state index is -2.57. The third-order valence-electron chi connectivity index (χ3n) is 2.63. The maximum absolute atomic E-state index is 12.5. The van der Waals surface area contributed by atoms with Gasteiger partial charge in [0.2, 0.25) is 0 Å². The molecule has 1 aromatic rings. The van der Waals surface area contributed by atoms with Crippen LogP contribution in [0.1, 0.15) is 10.4 Å². The average molecular weight is 352 g/mol. The summed E-state index contributed by atoms with van der Waals surface area (Å²) in [6.07, 6.45) is -2.57. The molecule has 20 heavy (non-hydrogen) atoms. The quantitative estimate of drug-likeness (QED) is 0.709. The van der Waals surface area contributed by atoms with E-state index in [4.69, 9.17) is 9.47 Å². The van der Waals surface area contributed by atoms with Gasteiger partial charge in [0, 0.05) is 17.4 Å². The summed E-state index contributed by atoms with van der Waals surface area (Å²) in [5.74, 6) is 0.393. The lowest BCUT2D eigenvalue weighted by Crippen LogP contribution is -2.36. The molecule has 1 amide bonds. The number of nitrogens with zero attached hydrogens (tertiary/aromatic N) is 1. The Morgan fingerprint density at radius 1 is 1.30 bits per heavy atom. The predicted octanol–water partition coefficient (Wildman–Crippen LogP) is 2.81. The fourth-order valence-corrected chi connectivity index (χ4v) is 2.12. The highest BCUT2D eigenvalue weighted by molar-refractivity contribution is 9.09. The molecule has 1 aromatic carbocycles. The molecule has 112 valence electrons. The molecular weight excluding hydrogens is 336 g/mol. The van der Waals surface area contributed by atoms with Gasteiger partial charge in [-0.25, -0.2) is 8.78 Å². The minimum absolute atomic E-state index is 0.206. The Morgan fingerprint density at radius 3 is 2.45 bits per heavy atom. The third kappa shape index (κ3) is 4.33. The lowest BCUT2D eigenvalue weighted by molar-refractivity contribution is 0.0572. The van der Waals surface area contributed by atoms with E-state index in [1.807, 2.05) is 0 Å². The summed E-state index contributed by atoms with van der Waals surface area (Å²) in [5.41, 5.74) is 0.282. The summed E-state index contributed by atoms with van der Waals surface area (Å²) >= 11 is 3.15. The first-order valence-corrected chi connectivity index (χ1v) is 7.01. The maximum Gasteiger partial charge on any atom is 0.255 e. The van der Waals surface area contributed by atoms with Gasteiger partial charge in [-0.05, 0) is 18.2 Å². The van der Waals surface area contributed by atoms with Crippen LogP contribution in [0.3, 0.4) is 0 Å². The maximum atomic E-state index is 12.5. The van der Waals surface area contributed by atoms with Crippen LogP contribution in [0.25, 0.3) is 0 Å². The van der Waals surface area contributed by atoms with E-state index < -0.39 is 18.9 Å². The Morgan fingerprint density at radius 2 is 1.95 bits per heavy atom. The number of amides is 1. The van der Waals surface area contributed by atoms with Crippen molar-refractivity contribution in [1.82, 2.24) is 4.90 Å². The standard InChI is InChI=1S/C13H16BrF2NO3/c1-19-10-4-3-9(7-11(10)20-2)13(18)17(6-5-14)8-12(15)16/h3-4,7,12H,5-6,8H2,1-2H3. The Kier molecular flexibility index (Phi) is 6.70. The first-order valence-electron chi connectivity index (χ1n) is 5.88. The van der Waals surface area contributed by atoms with Crippen molar-refractivity contribution in [1.29, 1.82) is 0 Å². The summed E-state index contributed by atoms with van der Waals surface area (Å²) in [4.78, 5) is 13.3.